The summed E-state index contributed by atoms with van der Waals surface area (Å²) in [4.78, 5) is 18.6. The second-order valence-corrected chi connectivity index (χ2v) is 11.2. The molecule has 34 heavy (non-hydrogen) atoms. The number of fused-ring (bicyclic) bond motifs is 1. The van der Waals surface area contributed by atoms with Gasteiger partial charge in [-0.1, -0.05) is 25.1 Å². The summed E-state index contributed by atoms with van der Waals surface area (Å²) in [5.74, 6) is -0.213. The number of carbonyl (C=O) groups excluding carboxylic acids is 1. The standard InChI is InChI=1S/C27H26N2O3S2/c1-4-25(34(3,31)32)21-16-19-9-6-14-28-26(19)24(17-21)18-7-5-8-20(15-18)27(30)29-22-10-12-23(33-2)13-11-22/h5-17,25H,4H2,1-3H3,(H,29,30). The number of nitrogens with zero attached hydrogens (tertiary/aromatic N) is 1. The third-order valence-corrected chi connectivity index (χ3v) is 8.15. The van der Waals surface area contributed by atoms with Crippen molar-refractivity contribution >= 4 is 44.1 Å². The van der Waals surface area contributed by atoms with Gasteiger partial charge in [0.1, 0.15) is 0 Å². The van der Waals surface area contributed by atoms with E-state index in [0.29, 0.717) is 12.0 Å². The summed E-state index contributed by atoms with van der Waals surface area (Å²) < 4.78 is 24.9. The first-order chi connectivity index (χ1) is 16.3. The Bertz CT molecular complexity index is 1450. The van der Waals surface area contributed by atoms with Crippen LogP contribution in [0.1, 0.15) is 34.5 Å². The van der Waals surface area contributed by atoms with Crippen LogP contribution < -0.4 is 5.32 Å². The SMILES string of the molecule is CCC(c1cc(-c2cccc(C(=O)Nc3ccc(SC)cc3)c2)c2ncccc2c1)S(C)(=O)=O. The lowest BCUT2D eigenvalue weighted by atomic mass is 9.95. The fourth-order valence-corrected chi connectivity index (χ4v) is 5.76. The molecule has 1 aromatic heterocycles. The second-order valence-electron chi connectivity index (χ2n) is 8.13. The second kappa shape index (κ2) is 9.99. The zero-order chi connectivity index (χ0) is 24.3. The molecule has 1 amide bonds. The van der Waals surface area contributed by atoms with Gasteiger partial charge in [0, 0.05) is 39.5 Å². The maximum Gasteiger partial charge on any atom is 0.255 e. The van der Waals surface area contributed by atoms with Crippen LogP contribution >= 0.6 is 11.8 Å². The summed E-state index contributed by atoms with van der Waals surface area (Å²) in [6.45, 7) is 1.87. The summed E-state index contributed by atoms with van der Waals surface area (Å²) in [5, 5.41) is 3.20. The molecule has 1 N–H and O–H groups in total. The zero-order valence-corrected chi connectivity index (χ0v) is 20.9. The van der Waals surface area contributed by atoms with Crippen LogP contribution in [-0.2, 0) is 9.84 Å². The van der Waals surface area contributed by atoms with Gasteiger partial charge in [0.15, 0.2) is 9.84 Å². The Morgan fingerprint density at radius 2 is 1.79 bits per heavy atom. The first-order valence-corrected chi connectivity index (χ1v) is 14.1. The first kappa shape index (κ1) is 24.0. The molecule has 5 nitrogen and oxygen atoms in total. The van der Waals surface area contributed by atoms with Crippen LogP contribution in [0.2, 0.25) is 0 Å². The summed E-state index contributed by atoms with van der Waals surface area (Å²) in [7, 11) is -3.28. The van der Waals surface area contributed by atoms with E-state index in [4.69, 9.17) is 0 Å². The van der Waals surface area contributed by atoms with E-state index in [2.05, 4.69) is 10.3 Å². The quantitative estimate of drug-likeness (QED) is 0.305. The normalized spacial score (nSPS) is 12.4. The Kier molecular flexibility index (Phi) is 7.05. The molecule has 174 valence electrons. The molecule has 0 aliphatic heterocycles. The van der Waals surface area contributed by atoms with E-state index in [1.807, 2.05) is 79.9 Å². The minimum absolute atomic E-state index is 0.213. The minimum Gasteiger partial charge on any atom is -0.322 e. The predicted molar refractivity (Wildman–Crippen MR) is 141 cm³/mol. The fraction of sp³-hybridized carbons (Fsp3) is 0.185. The predicted octanol–water partition coefficient (Wildman–Crippen LogP) is 6.37. The molecule has 1 heterocycles. The molecular formula is C27H26N2O3S2. The van der Waals surface area contributed by atoms with Crippen molar-refractivity contribution in [3.05, 3.63) is 90.1 Å². The molecule has 1 unspecified atom stereocenters. The van der Waals surface area contributed by atoms with Crippen LogP contribution in [0.15, 0.2) is 83.9 Å². The smallest absolute Gasteiger partial charge is 0.255 e. The summed E-state index contributed by atoms with van der Waals surface area (Å²) in [6, 6.07) is 22.6. The van der Waals surface area contributed by atoms with Gasteiger partial charge in [-0.05, 0) is 78.4 Å². The minimum atomic E-state index is -3.28. The van der Waals surface area contributed by atoms with Crippen molar-refractivity contribution in [1.29, 1.82) is 0 Å². The third kappa shape index (κ3) is 5.16. The van der Waals surface area contributed by atoms with Crippen LogP contribution in [0.25, 0.3) is 22.0 Å². The first-order valence-electron chi connectivity index (χ1n) is 10.9. The lowest BCUT2D eigenvalue weighted by Gasteiger charge is -2.17. The topological polar surface area (TPSA) is 76.1 Å². The summed E-state index contributed by atoms with van der Waals surface area (Å²) in [6.07, 6.45) is 5.46. The average Bonchev–Trinajstić information content (AvgIpc) is 2.83. The number of hydrogen-bond acceptors (Lipinski definition) is 5. The molecule has 4 aromatic rings. The number of aromatic nitrogens is 1. The molecule has 0 saturated carbocycles. The fourth-order valence-electron chi connectivity index (χ4n) is 4.11. The van der Waals surface area contributed by atoms with Gasteiger partial charge >= 0.3 is 0 Å². The number of hydrogen-bond donors (Lipinski definition) is 1. The Hall–Kier alpha value is -3.16. The average molecular weight is 491 g/mol. The van der Waals surface area contributed by atoms with E-state index >= 15 is 0 Å². The zero-order valence-electron chi connectivity index (χ0n) is 19.3. The Morgan fingerprint density at radius 1 is 1.03 bits per heavy atom. The molecule has 7 heteroatoms. The number of amides is 1. The van der Waals surface area contributed by atoms with Crippen LogP contribution in [0, 0.1) is 0 Å². The van der Waals surface area contributed by atoms with Gasteiger partial charge in [-0.2, -0.15) is 0 Å². The summed E-state index contributed by atoms with van der Waals surface area (Å²) in [5.41, 5.74) is 4.33. The van der Waals surface area contributed by atoms with Crippen molar-refractivity contribution in [2.45, 2.75) is 23.5 Å². The molecule has 3 aromatic carbocycles. The monoisotopic (exact) mass is 490 g/mol. The van der Waals surface area contributed by atoms with Gasteiger partial charge in [-0.25, -0.2) is 8.42 Å². The number of carbonyl (C=O) groups is 1. The Labute approximate surface area is 204 Å². The van der Waals surface area contributed by atoms with Crippen molar-refractivity contribution in [3.63, 3.8) is 0 Å². The highest BCUT2D eigenvalue weighted by Crippen LogP contribution is 2.35. The Balaban J connectivity index is 1.75. The lowest BCUT2D eigenvalue weighted by molar-refractivity contribution is 0.102. The Morgan fingerprint density at radius 3 is 2.47 bits per heavy atom. The van der Waals surface area contributed by atoms with Gasteiger partial charge in [0.2, 0.25) is 0 Å². The van der Waals surface area contributed by atoms with Crippen LogP contribution in [0.4, 0.5) is 5.69 Å². The highest BCUT2D eigenvalue weighted by molar-refractivity contribution is 7.98. The number of anilines is 1. The van der Waals surface area contributed by atoms with Gasteiger partial charge in [-0.3, -0.25) is 9.78 Å². The number of rotatable bonds is 7. The van der Waals surface area contributed by atoms with Crippen molar-refractivity contribution in [2.75, 3.05) is 17.8 Å². The number of benzene rings is 3. The molecular weight excluding hydrogens is 464 g/mol. The van der Waals surface area contributed by atoms with E-state index < -0.39 is 15.1 Å². The van der Waals surface area contributed by atoms with Crippen molar-refractivity contribution in [1.82, 2.24) is 4.98 Å². The largest absolute Gasteiger partial charge is 0.322 e. The molecule has 0 bridgehead atoms. The molecule has 0 spiro atoms. The molecule has 0 radical (unpaired) electrons. The maximum absolute atomic E-state index is 13.0. The highest BCUT2D eigenvalue weighted by atomic mass is 32.2. The molecule has 1 atom stereocenters. The molecule has 0 saturated heterocycles. The van der Waals surface area contributed by atoms with E-state index in [1.54, 1.807) is 24.0 Å². The molecule has 0 aliphatic carbocycles. The highest BCUT2D eigenvalue weighted by Gasteiger charge is 2.23. The number of sulfone groups is 1. The number of thioether (sulfide) groups is 1. The van der Waals surface area contributed by atoms with E-state index in [1.165, 1.54) is 6.26 Å². The maximum atomic E-state index is 13.0. The van der Waals surface area contributed by atoms with Crippen LogP contribution in [-0.4, -0.2) is 31.8 Å². The van der Waals surface area contributed by atoms with E-state index in [0.717, 1.165) is 38.2 Å². The van der Waals surface area contributed by atoms with E-state index in [-0.39, 0.29) is 5.91 Å². The third-order valence-electron chi connectivity index (χ3n) is 5.77. The van der Waals surface area contributed by atoms with Gasteiger partial charge in [-0.15, -0.1) is 11.8 Å². The van der Waals surface area contributed by atoms with E-state index in [9.17, 15) is 13.2 Å². The van der Waals surface area contributed by atoms with Crippen molar-refractivity contribution in [2.24, 2.45) is 0 Å². The molecule has 4 rings (SSSR count). The number of nitrogens with one attached hydrogen (secondary N) is 1. The molecule has 0 aliphatic rings. The van der Waals surface area contributed by atoms with Gasteiger partial charge in [0.05, 0.1) is 10.8 Å². The van der Waals surface area contributed by atoms with Crippen LogP contribution in [0.3, 0.4) is 0 Å². The number of pyridine rings is 1. The van der Waals surface area contributed by atoms with Gasteiger partial charge < -0.3 is 5.32 Å². The van der Waals surface area contributed by atoms with Crippen LogP contribution in [0.5, 0.6) is 0 Å². The molecule has 0 fully saturated rings. The van der Waals surface area contributed by atoms with Crippen molar-refractivity contribution in [3.8, 4) is 11.1 Å². The summed E-state index contributed by atoms with van der Waals surface area (Å²) >= 11 is 1.64. The van der Waals surface area contributed by atoms with Gasteiger partial charge in [0.25, 0.3) is 5.91 Å². The van der Waals surface area contributed by atoms with Crippen molar-refractivity contribution < 1.29 is 13.2 Å². The lowest BCUT2D eigenvalue weighted by Crippen LogP contribution is -2.12.